The Morgan fingerprint density at radius 3 is 2.42 bits per heavy atom. The number of hydrogen-bond acceptors (Lipinski definition) is 4. The quantitative estimate of drug-likeness (QED) is 0.614. The van der Waals surface area contributed by atoms with Crippen molar-refractivity contribution in [3.63, 3.8) is 0 Å². The van der Waals surface area contributed by atoms with E-state index < -0.39 is 6.10 Å². The number of carbonyl (C=O) groups is 1. The summed E-state index contributed by atoms with van der Waals surface area (Å²) in [5, 5.41) is 0. The molecule has 0 aromatic heterocycles. The second kappa shape index (κ2) is 7.74. The first-order valence-corrected chi connectivity index (χ1v) is 6.72. The third-order valence-electron chi connectivity index (χ3n) is 2.52. The van der Waals surface area contributed by atoms with Gasteiger partial charge in [0.1, 0.15) is 10.7 Å². The monoisotopic (exact) mass is 281 g/mol. The van der Waals surface area contributed by atoms with Gasteiger partial charge in [-0.2, -0.15) is 0 Å². The highest BCUT2D eigenvalue weighted by Crippen LogP contribution is 2.16. The molecular weight excluding hydrogens is 262 g/mol. The number of thiocarbonyl (C=S) groups is 1. The Bertz CT molecular complexity index is 431. The number of rotatable bonds is 7. The minimum Gasteiger partial charge on any atom is -0.479 e. The van der Waals surface area contributed by atoms with Crippen molar-refractivity contribution in [3.8, 4) is 5.75 Å². The van der Waals surface area contributed by atoms with Crippen LogP contribution in [0.1, 0.15) is 32.3 Å². The van der Waals surface area contributed by atoms with Crippen LogP contribution < -0.4 is 10.5 Å². The Labute approximate surface area is 118 Å². The highest BCUT2D eigenvalue weighted by atomic mass is 32.1. The van der Waals surface area contributed by atoms with Crippen LogP contribution in [0.15, 0.2) is 24.3 Å². The maximum Gasteiger partial charge on any atom is 0.347 e. The molecule has 0 saturated carbocycles. The van der Waals surface area contributed by atoms with Crippen LogP contribution in [0, 0.1) is 0 Å². The van der Waals surface area contributed by atoms with E-state index in [-0.39, 0.29) is 5.97 Å². The Kier molecular flexibility index (Phi) is 6.29. The van der Waals surface area contributed by atoms with E-state index in [1.807, 2.05) is 6.92 Å². The molecule has 104 valence electrons. The van der Waals surface area contributed by atoms with Crippen LogP contribution in [-0.2, 0) is 9.53 Å². The fourth-order valence-corrected chi connectivity index (χ4v) is 1.72. The minimum absolute atomic E-state index is 0.331. The van der Waals surface area contributed by atoms with Crippen LogP contribution in [0.5, 0.6) is 5.75 Å². The van der Waals surface area contributed by atoms with E-state index in [1.165, 1.54) is 0 Å². The molecule has 0 amide bonds. The number of carbonyl (C=O) groups excluding carboxylic acids is 1. The molecule has 1 aromatic carbocycles. The number of ether oxygens (including phenoxy) is 2. The van der Waals surface area contributed by atoms with Crippen LogP contribution in [0.2, 0.25) is 0 Å². The molecule has 1 atom stereocenters. The molecule has 4 nitrogen and oxygen atoms in total. The maximum absolute atomic E-state index is 11.7. The van der Waals surface area contributed by atoms with E-state index in [4.69, 9.17) is 27.4 Å². The fraction of sp³-hybridized carbons (Fsp3) is 0.429. The van der Waals surface area contributed by atoms with Crippen molar-refractivity contribution in [1.82, 2.24) is 0 Å². The lowest BCUT2D eigenvalue weighted by Crippen LogP contribution is -2.29. The van der Waals surface area contributed by atoms with Gasteiger partial charge in [-0.3, -0.25) is 0 Å². The molecule has 0 aliphatic carbocycles. The Morgan fingerprint density at radius 1 is 1.32 bits per heavy atom. The number of nitrogens with two attached hydrogens (primary N) is 1. The lowest BCUT2D eigenvalue weighted by Gasteiger charge is -2.17. The van der Waals surface area contributed by atoms with Gasteiger partial charge in [-0.25, -0.2) is 4.79 Å². The van der Waals surface area contributed by atoms with Crippen LogP contribution in [0.4, 0.5) is 0 Å². The van der Waals surface area contributed by atoms with Gasteiger partial charge in [-0.1, -0.05) is 25.6 Å². The van der Waals surface area contributed by atoms with Crippen molar-refractivity contribution in [1.29, 1.82) is 0 Å². The first kappa shape index (κ1) is 15.4. The predicted molar refractivity (Wildman–Crippen MR) is 78.3 cm³/mol. The normalized spacial score (nSPS) is 11.7. The molecule has 1 unspecified atom stereocenters. The zero-order chi connectivity index (χ0) is 14.3. The molecular formula is C14H19NO3S. The van der Waals surface area contributed by atoms with Gasteiger partial charge in [0.05, 0.1) is 6.61 Å². The van der Waals surface area contributed by atoms with Crippen LogP contribution >= 0.6 is 12.2 Å². The molecule has 0 radical (unpaired) electrons. The molecule has 2 N–H and O–H groups in total. The summed E-state index contributed by atoms with van der Waals surface area (Å²) < 4.78 is 10.6. The van der Waals surface area contributed by atoms with Gasteiger partial charge in [-0.05, 0) is 37.6 Å². The van der Waals surface area contributed by atoms with Crippen LogP contribution in [0.25, 0.3) is 0 Å². The second-order valence-electron chi connectivity index (χ2n) is 4.04. The molecule has 5 heteroatoms. The summed E-state index contributed by atoms with van der Waals surface area (Å²) in [6.45, 7) is 4.12. The maximum atomic E-state index is 11.7. The Morgan fingerprint density at radius 2 is 1.95 bits per heavy atom. The molecule has 0 fully saturated rings. The molecule has 0 aliphatic rings. The summed E-state index contributed by atoms with van der Waals surface area (Å²) in [5.74, 6) is 0.272. The highest BCUT2D eigenvalue weighted by molar-refractivity contribution is 7.80. The summed E-state index contributed by atoms with van der Waals surface area (Å²) in [7, 11) is 0. The van der Waals surface area contributed by atoms with Gasteiger partial charge in [0.2, 0.25) is 0 Å². The van der Waals surface area contributed by atoms with Gasteiger partial charge in [0.15, 0.2) is 6.10 Å². The molecule has 1 rings (SSSR count). The third kappa shape index (κ3) is 4.87. The lowest BCUT2D eigenvalue weighted by atomic mass is 10.2. The van der Waals surface area contributed by atoms with Crippen molar-refractivity contribution in [2.24, 2.45) is 5.73 Å². The van der Waals surface area contributed by atoms with Crippen LogP contribution in [0.3, 0.4) is 0 Å². The van der Waals surface area contributed by atoms with Crippen molar-refractivity contribution >= 4 is 23.2 Å². The summed E-state index contributed by atoms with van der Waals surface area (Å²) in [6, 6.07) is 7.03. The SMILES string of the molecule is CCCC(Oc1ccc(C(N)=S)cc1)C(=O)OCC. The zero-order valence-electron chi connectivity index (χ0n) is 11.2. The second-order valence-corrected chi connectivity index (χ2v) is 4.48. The van der Waals surface area contributed by atoms with E-state index >= 15 is 0 Å². The largest absolute Gasteiger partial charge is 0.479 e. The molecule has 0 saturated heterocycles. The molecule has 0 heterocycles. The molecule has 0 aliphatic heterocycles. The molecule has 1 aromatic rings. The van der Waals surface area contributed by atoms with E-state index in [1.54, 1.807) is 31.2 Å². The first-order chi connectivity index (χ1) is 9.08. The van der Waals surface area contributed by atoms with Crippen molar-refractivity contribution in [3.05, 3.63) is 29.8 Å². The number of hydrogen-bond donors (Lipinski definition) is 1. The summed E-state index contributed by atoms with van der Waals surface area (Å²) in [6.07, 6.45) is 0.894. The Balaban J connectivity index is 2.73. The van der Waals surface area contributed by atoms with Gasteiger partial charge in [0.25, 0.3) is 0 Å². The third-order valence-corrected chi connectivity index (χ3v) is 2.75. The zero-order valence-corrected chi connectivity index (χ0v) is 12.0. The highest BCUT2D eigenvalue weighted by Gasteiger charge is 2.20. The van der Waals surface area contributed by atoms with Gasteiger partial charge < -0.3 is 15.2 Å². The summed E-state index contributed by atoms with van der Waals surface area (Å²) in [5.41, 5.74) is 6.29. The fourth-order valence-electron chi connectivity index (χ4n) is 1.58. The number of esters is 1. The predicted octanol–water partition coefficient (Wildman–Crippen LogP) is 2.43. The van der Waals surface area contributed by atoms with E-state index in [2.05, 4.69) is 0 Å². The molecule has 19 heavy (non-hydrogen) atoms. The smallest absolute Gasteiger partial charge is 0.347 e. The molecule has 0 spiro atoms. The number of benzene rings is 1. The van der Waals surface area contributed by atoms with E-state index in [9.17, 15) is 4.79 Å². The first-order valence-electron chi connectivity index (χ1n) is 6.31. The van der Waals surface area contributed by atoms with Crippen molar-refractivity contribution < 1.29 is 14.3 Å². The minimum atomic E-state index is -0.569. The average molecular weight is 281 g/mol. The average Bonchev–Trinajstić information content (AvgIpc) is 2.39. The standard InChI is InChI=1S/C14H19NO3S/c1-3-5-12(14(16)17-4-2)18-11-8-6-10(7-9-11)13(15)19/h6-9,12H,3-5H2,1-2H3,(H2,15,19). The Hall–Kier alpha value is -1.62. The van der Waals surface area contributed by atoms with Crippen LogP contribution in [-0.4, -0.2) is 23.7 Å². The topological polar surface area (TPSA) is 61.5 Å². The van der Waals surface area contributed by atoms with E-state index in [0.29, 0.717) is 23.8 Å². The van der Waals surface area contributed by atoms with Crippen molar-refractivity contribution in [2.75, 3.05) is 6.61 Å². The molecule has 0 bridgehead atoms. The summed E-state index contributed by atoms with van der Waals surface area (Å²) in [4.78, 5) is 12.1. The van der Waals surface area contributed by atoms with E-state index in [0.717, 1.165) is 12.0 Å². The van der Waals surface area contributed by atoms with Gasteiger partial charge >= 0.3 is 5.97 Å². The lowest BCUT2D eigenvalue weighted by molar-refractivity contribution is -0.151. The van der Waals surface area contributed by atoms with Gasteiger partial charge in [0, 0.05) is 5.56 Å². The summed E-state index contributed by atoms with van der Waals surface area (Å²) >= 11 is 4.87. The van der Waals surface area contributed by atoms with Gasteiger partial charge in [-0.15, -0.1) is 0 Å². The van der Waals surface area contributed by atoms with Crippen molar-refractivity contribution in [2.45, 2.75) is 32.8 Å².